The van der Waals surface area contributed by atoms with Gasteiger partial charge in [-0.1, -0.05) is 206 Å². The molecule has 2 nitrogen and oxygen atoms in total. The molecule has 324 valence electrons. The van der Waals surface area contributed by atoms with Gasteiger partial charge in [-0.2, -0.15) is 0 Å². The molecule has 0 saturated carbocycles. The van der Waals surface area contributed by atoms with Gasteiger partial charge in [0.15, 0.2) is 0 Å². The normalized spacial score (nSPS) is 13.1. The highest BCUT2D eigenvalue weighted by atomic mass is 15.1. The summed E-state index contributed by atoms with van der Waals surface area (Å²) in [6.45, 7) is 0. The highest BCUT2D eigenvalue weighted by molar-refractivity contribution is 5.88. The van der Waals surface area contributed by atoms with Crippen LogP contribution in [0.4, 0.5) is 28.4 Å². The van der Waals surface area contributed by atoms with Crippen LogP contribution in [0.25, 0.3) is 55.6 Å². The number of hydrogen-bond donors (Lipinski definition) is 0. The molecule has 0 fully saturated rings. The summed E-state index contributed by atoms with van der Waals surface area (Å²) >= 11 is 0. The summed E-state index contributed by atoms with van der Waals surface area (Å²) in [5.74, 6) is 0.382. The van der Waals surface area contributed by atoms with Crippen molar-refractivity contribution in [3.8, 4) is 55.6 Å². The number of para-hydroxylation sites is 2. The molecule has 0 heterocycles. The van der Waals surface area contributed by atoms with Crippen molar-refractivity contribution in [1.29, 1.82) is 0 Å². The molecule has 0 saturated heterocycles. The highest BCUT2D eigenvalue weighted by Crippen LogP contribution is 2.40. The fourth-order valence-electron chi connectivity index (χ4n) is 9.53. The zero-order valence-electron chi connectivity index (χ0n) is 37.8. The molecule has 10 aromatic carbocycles. The summed E-state index contributed by atoms with van der Waals surface area (Å²) in [6, 6.07) is 96.1. The topological polar surface area (TPSA) is 6.48 Å². The second kappa shape index (κ2) is 19.4. The van der Waals surface area contributed by atoms with Crippen molar-refractivity contribution in [3.63, 3.8) is 0 Å². The summed E-state index contributed by atoms with van der Waals surface area (Å²) < 4.78 is 0. The predicted molar refractivity (Wildman–Crippen MR) is 288 cm³/mol. The van der Waals surface area contributed by atoms with E-state index >= 15 is 0 Å². The lowest BCUT2D eigenvalue weighted by Crippen LogP contribution is -2.17. The summed E-state index contributed by atoms with van der Waals surface area (Å²) in [4.78, 5) is 4.68. The van der Waals surface area contributed by atoms with Gasteiger partial charge in [0.25, 0.3) is 0 Å². The van der Waals surface area contributed by atoms with E-state index in [1.165, 1.54) is 66.9 Å². The van der Waals surface area contributed by atoms with Gasteiger partial charge in [-0.05, 0) is 146 Å². The van der Waals surface area contributed by atoms with Crippen LogP contribution >= 0.6 is 0 Å². The molecule has 11 rings (SSSR count). The second-order valence-corrected chi connectivity index (χ2v) is 17.3. The lowest BCUT2D eigenvalue weighted by atomic mass is 9.91. The Morgan fingerprint density at radius 1 is 0.279 bits per heavy atom. The van der Waals surface area contributed by atoms with Gasteiger partial charge in [0, 0.05) is 40.1 Å². The number of rotatable bonds is 12. The van der Waals surface area contributed by atoms with Crippen molar-refractivity contribution < 1.29 is 0 Å². The molecular formula is C66H50N2. The van der Waals surface area contributed by atoms with Crippen LogP contribution in [0.3, 0.4) is 0 Å². The lowest BCUT2D eigenvalue weighted by Gasteiger charge is -2.29. The molecule has 1 aliphatic rings. The molecule has 0 bridgehead atoms. The molecular weight excluding hydrogens is 821 g/mol. The van der Waals surface area contributed by atoms with Crippen LogP contribution in [0.15, 0.2) is 291 Å². The first kappa shape index (κ1) is 41.9. The highest BCUT2D eigenvalue weighted by Gasteiger charge is 2.19. The van der Waals surface area contributed by atoms with Crippen molar-refractivity contribution in [2.45, 2.75) is 12.3 Å². The van der Waals surface area contributed by atoms with E-state index in [1.807, 2.05) is 0 Å². The fourth-order valence-corrected chi connectivity index (χ4v) is 9.53. The monoisotopic (exact) mass is 870 g/mol. The van der Waals surface area contributed by atoms with Gasteiger partial charge in [0.2, 0.25) is 0 Å². The quantitative estimate of drug-likeness (QED) is 0.121. The van der Waals surface area contributed by atoms with Crippen LogP contribution in [0, 0.1) is 0 Å². The largest absolute Gasteiger partial charge is 0.311 e. The van der Waals surface area contributed by atoms with E-state index in [1.54, 1.807) is 0 Å². The van der Waals surface area contributed by atoms with Crippen molar-refractivity contribution in [2.75, 3.05) is 9.80 Å². The molecule has 68 heavy (non-hydrogen) atoms. The molecule has 0 N–H and O–H groups in total. The molecule has 0 aliphatic heterocycles. The molecule has 1 aliphatic carbocycles. The molecule has 1 atom stereocenters. The first-order valence-corrected chi connectivity index (χ1v) is 23.5. The molecule has 1 unspecified atom stereocenters. The van der Waals surface area contributed by atoms with Crippen LogP contribution in [0.5, 0.6) is 0 Å². The van der Waals surface area contributed by atoms with Gasteiger partial charge in [0.1, 0.15) is 0 Å². The first-order chi connectivity index (χ1) is 33.7. The second-order valence-electron chi connectivity index (χ2n) is 17.3. The third kappa shape index (κ3) is 8.96. The Bertz CT molecular complexity index is 3320. The van der Waals surface area contributed by atoms with Crippen LogP contribution in [-0.2, 0) is 0 Å². The molecule has 0 amide bonds. The first-order valence-electron chi connectivity index (χ1n) is 23.5. The maximum atomic E-state index is 2.37. The Hall–Kier alpha value is -8.72. The third-order valence-corrected chi connectivity index (χ3v) is 13.0. The van der Waals surface area contributed by atoms with E-state index < -0.39 is 0 Å². The minimum absolute atomic E-state index is 0.382. The Morgan fingerprint density at radius 3 is 1.10 bits per heavy atom. The Balaban J connectivity index is 0.849. The van der Waals surface area contributed by atoms with Crippen LogP contribution < -0.4 is 9.80 Å². The van der Waals surface area contributed by atoms with Crippen LogP contribution in [-0.4, -0.2) is 0 Å². The van der Waals surface area contributed by atoms with Crippen molar-refractivity contribution >= 4 is 28.4 Å². The standard InChI is InChI=1S/C66H50N2/c1-5-17-49(18-6-1)51-31-39-61(40-32-51)67(59-25-9-3-10-26-59)63-43-35-53(36-44-63)55-21-15-23-57(47-55)65-29-13-14-30-66(65)58-24-16-22-56(48-58)54-37-45-64(46-38-54)68(60-27-11-4-12-28-60)62-41-33-52(34-42-62)50-19-7-2-8-20-50/h1-33,35-48,52H,34H2. The predicted octanol–water partition coefficient (Wildman–Crippen LogP) is 18.3. The van der Waals surface area contributed by atoms with E-state index in [-0.39, 0.29) is 0 Å². The maximum absolute atomic E-state index is 2.37. The number of nitrogens with zero attached hydrogens (tertiary/aromatic N) is 2. The Labute approximate surface area is 400 Å². The summed E-state index contributed by atoms with van der Waals surface area (Å²) in [5, 5.41) is 0. The smallest absolute Gasteiger partial charge is 0.0462 e. The van der Waals surface area contributed by atoms with Gasteiger partial charge in [-0.25, -0.2) is 0 Å². The zero-order valence-corrected chi connectivity index (χ0v) is 37.8. The third-order valence-electron chi connectivity index (χ3n) is 13.0. The number of hydrogen-bond acceptors (Lipinski definition) is 2. The van der Waals surface area contributed by atoms with E-state index in [0.29, 0.717) is 5.92 Å². The van der Waals surface area contributed by atoms with Crippen molar-refractivity contribution in [1.82, 2.24) is 0 Å². The molecule has 0 spiro atoms. The molecule has 10 aromatic rings. The number of anilines is 5. The van der Waals surface area contributed by atoms with Crippen LogP contribution in [0.1, 0.15) is 17.9 Å². The Morgan fingerprint density at radius 2 is 0.632 bits per heavy atom. The average molecular weight is 871 g/mol. The maximum Gasteiger partial charge on any atom is 0.0462 e. The van der Waals surface area contributed by atoms with Gasteiger partial charge in [-0.3, -0.25) is 0 Å². The number of benzene rings is 10. The van der Waals surface area contributed by atoms with E-state index in [4.69, 9.17) is 0 Å². The minimum Gasteiger partial charge on any atom is -0.311 e. The Kier molecular flexibility index (Phi) is 12.0. The average Bonchev–Trinajstić information content (AvgIpc) is 3.43. The number of allylic oxidation sites excluding steroid dienone is 3. The summed E-state index contributed by atoms with van der Waals surface area (Å²) in [6.07, 6.45) is 7.96. The molecule has 2 heteroatoms. The zero-order chi connectivity index (χ0) is 45.5. The van der Waals surface area contributed by atoms with Gasteiger partial charge in [-0.15, -0.1) is 0 Å². The van der Waals surface area contributed by atoms with Crippen LogP contribution in [0.2, 0.25) is 0 Å². The van der Waals surface area contributed by atoms with Gasteiger partial charge < -0.3 is 9.80 Å². The van der Waals surface area contributed by atoms with Crippen molar-refractivity contribution in [2.24, 2.45) is 0 Å². The molecule has 0 aromatic heterocycles. The fraction of sp³-hybridized carbons (Fsp3) is 0.0303. The molecule has 0 radical (unpaired) electrons. The SMILES string of the molecule is C1=CC(c2ccccc2)CC=C1N(c1ccccc1)c1ccc(-c2cccc(-c3ccccc3-c3cccc(-c4ccc(N(c5ccccc5)c5ccc(-c6ccccc6)cc5)cc4)c3)c2)cc1. The van der Waals surface area contributed by atoms with Gasteiger partial charge >= 0.3 is 0 Å². The van der Waals surface area contributed by atoms with E-state index in [2.05, 4.69) is 295 Å². The van der Waals surface area contributed by atoms with Gasteiger partial charge in [0.05, 0.1) is 0 Å². The van der Waals surface area contributed by atoms with E-state index in [0.717, 1.165) is 34.9 Å². The lowest BCUT2D eigenvalue weighted by molar-refractivity contribution is 0.840. The van der Waals surface area contributed by atoms with E-state index in [9.17, 15) is 0 Å². The summed E-state index contributed by atoms with van der Waals surface area (Å²) in [7, 11) is 0. The van der Waals surface area contributed by atoms with Crippen molar-refractivity contribution in [3.05, 3.63) is 296 Å². The minimum atomic E-state index is 0.382. The summed E-state index contributed by atoms with van der Waals surface area (Å²) in [5.41, 5.74) is 20.0.